The predicted molar refractivity (Wildman–Crippen MR) is 69.3 cm³/mol. The van der Waals surface area contributed by atoms with Gasteiger partial charge in [0.15, 0.2) is 9.84 Å². The summed E-state index contributed by atoms with van der Waals surface area (Å²) >= 11 is 0. The first kappa shape index (κ1) is 14.2. The van der Waals surface area contributed by atoms with E-state index in [0.717, 1.165) is 32.5 Å². The summed E-state index contributed by atoms with van der Waals surface area (Å²) in [6, 6.07) is 0. The van der Waals surface area contributed by atoms with Gasteiger partial charge in [-0.05, 0) is 25.8 Å². The lowest BCUT2D eigenvalue weighted by Crippen LogP contribution is -2.46. The lowest BCUT2D eigenvalue weighted by molar-refractivity contribution is -0.0544. The summed E-state index contributed by atoms with van der Waals surface area (Å²) < 4.78 is 28.6. The SMILES string of the molecule is O=S1(=O)CCCN(CC2(CO)CCCOC2)CC1. The second-order valence-electron chi connectivity index (χ2n) is 5.60. The van der Waals surface area contributed by atoms with Crippen LogP contribution in [0.25, 0.3) is 0 Å². The molecule has 2 fully saturated rings. The van der Waals surface area contributed by atoms with Gasteiger partial charge in [-0.25, -0.2) is 8.42 Å². The molecule has 2 rings (SSSR count). The zero-order valence-electron chi connectivity index (χ0n) is 10.8. The minimum absolute atomic E-state index is 0.121. The Balaban J connectivity index is 1.95. The molecule has 1 atom stereocenters. The lowest BCUT2D eigenvalue weighted by Gasteiger charge is -2.39. The molecular weight excluding hydrogens is 254 g/mol. The average molecular weight is 277 g/mol. The van der Waals surface area contributed by atoms with Crippen molar-refractivity contribution in [1.82, 2.24) is 4.90 Å². The van der Waals surface area contributed by atoms with Crippen LogP contribution in [0.5, 0.6) is 0 Å². The van der Waals surface area contributed by atoms with Gasteiger partial charge in [0.05, 0.1) is 24.7 Å². The van der Waals surface area contributed by atoms with Crippen LogP contribution in [-0.2, 0) is 14.6 Å². The van der Waals surface area contributed by atoms with Gasteiger partial charge < -0.3 is 14.7 Å². The minimum atomic E-state index is -2.85. The summed E-state index contributed by atoms with van der Waals surface area (Å²) in [5.41, 5.74) is -0.188. The van der Waals surface area contributed by atoms with E-state index < -0.39 is 9.84 Å². The third-order valence-electron chi connectivity index (χ3n) is 3.95. The molecule has 0 radical (unpaired) electrons. The summed E-state index contributed by atoms with van der Waals surface area (Å²) in [5, 5.41) is 9.62. The molecule has 6 heteroatoms. The van der Waals surface area contributed by atoms with Crippen LogP contribution in [0.15, 0.2) is 0 Å². The first-order valence-electron chi connectivity index (χ1n) is 6.67. The summed E-state index contributed by atoms with van der Waals surface area (Å²) in [7, 11) is -2.85. The lowest BCUT2D eigenvalue weighted by atomic mass is 9.82. The molecule has 0 aliphatic carbocycles. The Labute approximate surface area is 109 Å². The number of hydrogen-bond donors (Lipinski definition) is 1. The Morgan fingerprint density at radius 3 is 2.72 bits per heavy atom. The highest BCUT2D eigenvalue weighted by Crippen LogP contribution is 2.29. The molecular formula is C12H23NO4S. The van der Waals surface area contributed by atoms with Gasteiger partial charge in [-0.2, -0.15) is 0 Å². The third-order valence-corrected chi connectivity index (χ3v) is 5.66. The Kier molecular flexibility index (Phi) is 4.64. The third kappa shape index (κ3) is 3.66. The van der Waals surface area contributed by atoms with E-state index in [1.165, 1.54) is 0 Å². The van der Waals surface area contributed by atoms with Crippen LogP contribution in [0.3, 0.4) is 0 Å². The van der Waals surface area contributed by atoms with Crippen LogP contribution in [0.4, 0.5) is 0 Å². The van der Waals surface area contributed by atoms with Crippen molar-refractivity contribution >= 4 is 9.84 Å². The minimum Gasteiger partial charge on any atom is -0.396 e. The molecule has 18 heavy (non-hydrogen) atoms. The van der Waals surface area contributed by atoms with Crippen molar-refractivity contribution in [3.05, 3.63) is 0 Å². The molecule has 0 aromatic carbocycles. The number of aliphatic hydroxyl groups is 1. The number of rotatable bonds is 3. The Hall–Kier alpha value is -0.170. The van der Waals surface area contributed by atoms with Gasteiger partial charge in [-0.1, -0.05) is 0 Å². The van der Waals surface area contributed by atoms with Crippen LogP contribution in [0.1, 0.15) is 19.3 Å². The Bertz CT molecular complexity index is 362. The maximum absolute atomic E-state index is 11.6. The maximum Gasteiger partial charge on any atom is 0.151 e. The highest BCUT2D eigenvalue weighted by atomic mass is 32.2. The molecule has 2 heterocycles. The summed E-state index contributed by atoms with van der Waals surface area (Å²) in [6.45, 7) is 3.63. The van der Waals surface area contributed by atoms with Crippen LogP contribution in [0, 0.1) is 5.41 Å². The largest absolute Gasteiger partial charge is 0.396 e. The fourth-order valence-electron chi connectivity index (χ4n) is 2.83. The molecule has 0 saturated carbocycles. The fraction of sp³-hybridized carbons (Fsp3) is 1.00. The van der Waals surface area contributed by atoms with Crippen molar-refractivity contribution in [3.8, 4) is 0 Å². The Morgan fingerprint density at radius 1 is 1.22 bits per heavy atom. The van der Waals surface area contributed by atoms with Gasteiger partial charge in [0.25, 0.3) is 0 Å². The second-order valence-corrected chi connectivity index (χ2v) is 7.90. The van der Waals surface area contributed by atoms with Crippen molar-refractivity contribution in [2.75, 3.05) is 51.0 Å². The van der Waals surface area contributed by atoms with Crippen molar-refractivity contribution in [1.29, 1.82) is 0 Å². The molecule has 1 N–H and O–H groups in total. The topological polar surface area (TPSA) is 66.8 Å². The number of hydrogen-bond acceptors (Lipinski definition) is 5. The maximum atomic E-state index is 11.6. The van der Waals surface area contributed by atoms with Gasteiger partial charge in [0.1, 0.15) is 0 Å². The molecule has 0 bridgehead atoms. The summed E-state index contributed by atoms with van der Waals surface area (Å²) in [6.07, 6.45) is 2.64. The monoisotopic (exact) mass is 277 g/mol. The first-order chi connectivity index (χ1) is 8.55. The van der Waals surface area contributed by atoms with Gasteiger partial charge in [0, 0.05) is 25.1 Å². The summed E-state index contributed by atoms with van der Waals surface area (Å²) in [4.78, 5) is 2.18. The molecule has 2 aliphatic heterocycles. The van der Waals surface area contributed by atoms with E-state index in [1.807, 2.05) is 0 Å². The Morgan fingerprint density at radius 2 is 2.06 bits per heavy atom. The van der Waals surface area contributed by atoms with E-state index in [-0.39, 0.29) is 17.8 Å². The van der Waals surface area contributed by atoms with Gasteiger partial charge >= 0.3 is 0 Å². The number of sulfone groups is 1. The molecule has 0 aromatic heterocycles. The molecule has 0 aromatic rings. The zero-order valence-corrected chi connectivity index (χ0v) is 11.6. The molecule has 5 nitrogen and oxygen atoms in total. The first-order valence-corrected chi connectivity index (χ1v) is 8.49. The number of aliphatic hydroxyl groups excluding tert-OH is 1. The van der Waals surface area contributed by atoms with E-state index >= 15 is 0 Å². The van der Waals surface area contributed by atoms with Crippen LogP contribution < -0.4 is 0 Å². The molecule has 0 amide bonds. The quantitative estimate of drug-likeness (QED) is 0.780. The average Bonchev–Trinajstić information content (AvgIpc) is 2.52. The van der Waals surface area contributed by atoms with E-state index in [1.54, 1.807) is 0 Å². The molecule has 106 valence electrons. The molecule has 2 saturated heterocycles. The van der Waals surface area contributed by atoms with E-state index in [2.05, 4.69) is 4.90 Å². The van der Waals surface area contributed by atoms with E-state index in [9.17, 15) is 13.5 Å². The van der Waals surface area contributed by atoms with Crippen LogP contribution >= 0.6 is 0 Å². The number of ether oxygens (including phenoxy) is 1. The normalized spacial score (nSPS) is 34.1. The predicted octanol–water partition coefficient (Wildman–Crippen LogP) is -0.104. The highest BCUT2D eigenvalue weighted by Gasteiger charge is 2.35. The van der Waals surface area contributed by atoms with E-state index in [4.69, 9.17) is 4.74 Å². The standard InChI is InChI=1S/C12H23NO4S/c14-10-12(3-1-6-17-11-12)9-13-4-2-7-18(15,16)8-5-13/h14H,1-11H2. The molecule has 0 spiro atoms. The van der Waals surface area contributed by atoms with E-state index in [0.29, 0.717) is 25.3 Å². The van der Waals surface area contributed by atoms with Crippen LogP contribution in [-0.4, -0.2) is 69.4 Å². The smallest absolute Gasteiger partial charge is 0.151 e. The second kappa shape index (κ2) is 5.86. The van der Waals surface area contributed by atoms with Crippen molar-refractivity contribution in [3.63, 3.8) is 0 Å². The van der Waals surface area contributed by atoms with Crippen molar-refractivity contribution < 1.29 is 18.3 Å². The number of nitrogens with zero attached hydrogens (tertiary/aromatic N) is 1. The summed E-state index contributed by atoms with van der Waals surface area (Å²) in [5.74, 6) is 0.543. The van der Waals surface area contributed by atoms with Crippen LogP contribution in [0.2, 0.25) is 0 Å². The van der Waals surface area contributed by atoms with Gasteiger partial charge in [-0.3, -0.25) is 0 Å². The van der Waals surface area contributed by atoms with Gasteiger partial charge in [-0.15, -0.1) is 0 Å². The fourth-order valence-corrected chi connectivity index (χ4v) is 4.14. The van der Waals surface area contributed by atoms with Gasteiger partial charge in [0.2, 0.25) is 0 Å². The molecule has 1 unspecified atom stereocenters. The van der Waals surface area contributed by atoms with Crippen molar-refractivity contribution in [2.24, 2.45) is 5.41 Å². The highest BCUT2D eigenvalue weighted by molar-refractivity contribution is 7.91. The van der Waals surface area contributed by atoms with Crippen molar-refractivity contribution in [2.45, 2.75) is 19.3 Å². The zero-order chi connectivity index (χ0) is 13.1. The molecule has 2 aliphatic rings.